The summed E-state index contributed by atoms with van der Waals surface area (Å²) in [5, 5.41) is 1.31. The van der Waals surface area contributed by atoms with Crippen molar-refractivity contribution in [2.24, 2.45) is 5.84 Å². The number of nitrogens with zero attached hydrogens (tertiary/aromatic N) is 3. The van der Waals surface area contributed by atoms with Crippen LogP contribution in [-0.4, -0.2) is 32.1 Å². The van der Waals surface area contributed by atoms with Gasteiger partial charge >= 0.3 is 0 Å². The molecule has 0 aromatic carbocycles. The van der Waals surface area contributed by atoms with Gasteiger partial charge in [-0.2, -0.15) is 0 Å². The van der Waals surface area contributed by atoms with E-state index >= 15 is 0 Å². The number of hydrazine groups is 1. The largest absolute Gasteiger partial charge is 0.393 e. The predicted molar refractivity (Wildman–Crippen MR) is 75.9 cm³/mol. The number of aromatic nitrogens is 2. The van der Waals surface area contributed by atoms with Gasteiger partial charge in [-0.25, -0.2) is 15.8 Å². The van der Waals surface area contributed by atoms with E-state index in [1.807, 2.05) is 0 Å². The molecule has 10 heteroatoms. The van der Waals surface area contributed by atoms with Crippen LogP contribution in [0.5, 0.6) is 0 Å². The summed E-state index contributed by atoms with van der Waals surface area (Å²) in [6.07, 6.45) is 3.61. The molecule has 2 unspecified atom stereocenters. The van der Waals surface area contributed by atoms with Gasteiger partial charge in [-0.1, -0.05) is 6.08 Å². The molecule has 1 saturated heterocycles. The van der Waals surface area contributed by atoms with Crippen molar-refractivity contribution in [3.05, 3.63) is 18.2 Å². The summed E-state index contributed by atoms with van der Waals surface area (Å²) in [5.74, 6) is 7.72. The lowest BCUT2D eigenvalue weighted by atomic mass is 10.2. The summed E-state index contributed by atoms with van der Waals surface area (Å²) in [6.45, 7) is 0. The van der Waals surface area contributed by atoms with E-state index in [9.17, 15) is 0 Å². The fraction of sp³-hybridized carbons (Fsp3) is 0.400. The van der Waals surface area contributed by atoms with Crippen molar-refractivity contribution in [1.82, 2.24) is 9.97 Å². The van der Waals surface area contributed by atoms with Crippen LogP contribution in [0.15, 0.2) is 18.2 Å². The van der Waals surface area contributed by atoms with Gasteiger partial charge in [0.05, 0.1) is 6.10 Å². The molecule has 0 bridgehead atoms. The molecule has 1 aromatic rings. The summed E-state index contributed by atoms with van der Waals surface area (Å²) >= 11 is 0. The summed E-state index contributed by atoms with van der Waals surface area (Å²) < 4.78 is 5.67. The number of rotatable bonds is 4. The van der Waals surface area contributed by atoms with E-state index in [1.165, 1.54) is 17.2 Å². The SMILES string of the molecule is Nc1ncnc(N(N)C2CCC(/C=C/P(O)O)O2)c1N. The third kappa shape index (κ3) is 3.33. The molecule has 20 heavy (non-hydrogen) atoms. The minimum Gasteiger partial charge on any atom is -0.393 e. The van der Waals surface area contributed by atoms with Crippen LogP contribution in [0.1, 0.15) is 12.8 Å². The normalized spacial score (nSPS) is 22.8. The molecule has 1 aliphatic heterocycles. The highest BCUT2D eigenvalue weighted by Gasteiger charge is 2.29. The zero-order valence-corrected chi connectivity index (χ0v) is 11.5. The van der Waals surface area contributed by atoms with Crippen LogP contribution in [0.2, 0.25) is 0 Å². The number of ether oxygens (including phenoxy) is 1. The van der Waals surface area contributed by atoms with E-state index in [0.29, 0.717) is 18.7 Å². The van der Waals surface area contributed by atoms with Crippen LogP contribution in [-0.2, 0) is 4.74 Å². The Morgan fingerprint density at radius 1 is 1.35 bits per heavy atom. The molecule has 1 aromatic heterocycles. The summed E-state index contributed by atoms with van der Waals surface area (Å²) in [7, 11) is -2.06. The highest BCUT2D eigenvalue weighted by molar-refractivity contribution is 7.48. The maximum atomic E-state index is 8.83. The van der Waals surface area contributed by atoms with Gasteiger partial charge in [-0.15, -0.1) is 0 Å². The summed E-state index contributed by atoms with van der Waals surface area (Å²) in [5.41, 5.74) is 11.6. The molecule has 0 radical (unpaired) electrons. The number of hydrogen-bond acceptors (Lipinski definition) is 9. The molecule has 1 fully saturated rings. The third-order valence-electron chi connectivity index (χ3n) is 2.91. The second-order valence-electron chi connectivity index (χ2n) is 4.27. The van der Waals surface area contributed by atoms with Gasteiger partial charge in [-0.3, -0.25) is 5.01 Å². The minimum atomic E-state index is -2.06. The fourth-order valence-electron chi connectivity index (χ4n) is 1.91. The van der Waals surface area contributed by atoms with E-state index in [-0.39, 0.29) is 17.6 Å². The van der Waals surface area contributed by atoms with Gasteiger partial charge < -0.3 is 26.0 Å². The smallest absolute Gasteiger partial charge is 0.191 e. The van der Waals surface area contributed by atoms with Crippen molar-refractivity contribution in [3.63, 3.8) is 0 Å². The molecule has 8 N–H and O–H groups in total. The van der Waals surface area contributed by atoms with Crippen molar-refractivity contribution in [2.45, 2.75) is 25.2 Å². The molecule has 2 heterocycles. The maximum Gasteiger partial charge on any atom is 0.191 e. The van der Waals surface area contributed by atoms with Crippen molar-refractivity contribution < 1.29 is 14.5 Å². The maximum absolute atomic E-state index is 8.83. The molecule has 0 aliphatic carbocycles. The summed E-state index contributed by atoms with van der Waals surface area (Å²) in [4.78, 5) is 25.4. The van der Waals surface area contributed by atoms with Crippen LogP contribution in [0.4, 0.5) is 17.3 Å². The Morgan fingerprint density at radius 2 is 2.10 bits per heavy atom. The predicted octanol–water partition coefficient (Wildman–Crippen LogP) is -0.364. The van der Waals surface area contributed by atoms with Crippen LogP contribution in [0.25, 0.3) is 0 Å². The average Bonchev–Trinajstić information content (AvgIpc) is 2.87. The van der Waals surface area contributed by atoms with E-state index in [4.69, 9.17) is 31.8 Å². The molecule has 2 rings (SSSR count). The van der Waals surface area contributed by atoms with Gasteiger partial charge in [0, 0.05) is 0 Å². The monoisotopic (exact) mass is 300 g/mol. The lowest BCUT2D eigenvalue weighted by Crippen LogP contribution is -2.42. The van der Waals surface area contributed by atoms with E-state index < -0.39 is 14.6 Å². The van der Waals surface area contributed by atoms with Gasteiger partial charge in [0.2, 0.25) is 0 Å². The van der Waals surface area contributed by atoms with Crippen LogP contribution < -0.4 is 22.3 Å². The Balaban J connectivity index is 2.04. The van der Waals surface area contributed by atoms with Gasteiger partial charge in [-0.05, 0) is 18.7 Å². The Hall–Kier alpha value is -1.51. The lowest BCUT2D eigenvalue weighted by Gasteiger charge is -2.25. The van der Waals surface area contributed by atoms with Crippen molar-refractivity contribution in [3.8, 4) is 0 Å². The summed E-state index contributed by atoms with van der Waals surface area (Å²) in [6, 6.07) is 0. The first-order valence-electron chi connectivity index (χ1n) is 5.89. The van der Waals surface area contributed by atoms with Gasteiger partial charge in [0.15, 0.2) is 20.0 Å². The molecule has 0 amide bonds. The van der Waals surface area contributed by atoms with Crippen molar-refractivity contribution >= 4 is 25.7 Å². The van der Waals surface area contributed by atoms with E-state index in [0.717, 1.165) is 0 Å². The quantitative estimate of drug-likeness (QED) is 0.284. The van der Waals surface area contributed by atoms with Crippen molar-refractivity contribution in [2.75, 3.05) is 16.5 Å². The van der Waals surface area contributed by atoms with Crippen LogP contribution in [0, 0.1) is 0 Å². The number of anilines is 3. The fourth-order valence-corrected chi connectivity index (χ4v) is 2.25. The molecular weight excluding hydrogens is 283 g/mol. The molecule has 0 saturated carbocycles. The van der Waals surface area contributed by atoms with E-state index in [1.54, 1.807) is 6.08 Å². The number of hydrogen-bond donors (Lipinski definition) is 5. The molecular formula is C10H17N6O3P. The Morgan fingerprint density at radius 3 is 2.80 bits per heavy atom. The van der Waals surface area contributed by atoms with Crippen molar-refractivity contribution in [1.29, 1.82) is 0 Å². The lowest BCUT2D eigenvalue weighted by molar-refractivity contribution is 0.0682. The number of nitrogens with two attached hydrogens (primary N) is 3. The first kappa shape index (κ1) is 14.9. The van der Waals surface area contributed by atoms with E-state index in [2.05, 4.69) is 9.97 Å². The Labute approximate surface area is 116 Å². The third-order valence-corrected chi connectivity index (χ3v) is 3.35. The topological polar surface area (TPSA) is 157 Å². The second kappa shape index (κ2) is 6.29. The first-order valence-corrected chi connectivity index (χ1v) is 7.21. The average molecular weight is 300 g/mol. The molecule has 9 nitrogen and oxygen atoms in total. The second-order valence-corrected chi connectivity index (χ2v) is 5.21. The standard InChI is InChI=1S/C10H17N6O3P/c11-8-9(12)14-5-15-10(8)16(13)7-2-1-6(19-7)3-4-20(17)18/h3-7,17-18H,1-2,11,13H2,(H2,12,14,15)/b4-3+. The first-order chi connectivity index (χ1) is 9.49. The number of nitrogen functional groups attached to an aromatic ring is 2. The molecule has 110 valence electrons. The molecule has 0 spiro atoms. The Kier molecular flexibility index (Phi) is 4.69. The van der Waals surface area contributed by atoms with Crippen LogP contribution >= 0.6 is 8.38 Å². The van der Waals surface area contributed by atoms with Gasteiger partial charge in [0.25, 0.3) is 0 Å². The van der Waals surface area contributed by atoms with Crippen LogP contribution in [0.3, 0.4) is 0 Å². The molecule has 2 atom stereocenters. The zero-order chi connectivity index (χ0) is 14.7. The minimum absolute atomic E-state index is 0.158. The van der Waals surface area contributed by atoms with Gasteiger partial charge in [0.1, 0.15) is 18.2 Å². The zero-order valence-electron chi connectivity index (χ0n) is 10.6. The Bertz CT molecular complexity index is 500. The molecule has 1 aliphatic rings. The highest BCUT2D eigenvalue weighted by atomic mass is 31.2. The highest BCUT2D eigenvalue weighted by Crippen LogP contribution is 2.31.